The summed E-state index contributed by atoms with van der Waals surface area (Å²) in [5.74, 6) is 0.846. The zero-order valence-corrected chi connectivity index (χ0v) is 13.8. The molecule has 2 rings (SSSR count). The van der Waals surface area contributed by atoms with E-state index in [9.17, 15) is 8.42 Å². The summed E-state index contributed by atoms with van der Waals surface area (Å²) in [6.07, 6.45) is 4.12. The summed E-state index contributed by atoms with van der Waals surface area (Å²) in [5, 5.41) is 3.13. The third-order valence-electron chi connectivity index (χ3n) is 2.50. The zero-order valence-electron chi connectivity index (χ0n) is 11.3. The van der Waals surface area contributed by atoms with E-state index in [1.165, 1.54) is 5.41 Å². The Labute approximate surface area is 133 Å². The van der Waals surface area contributed by atoms with Gasteiger partial charge >= 0.3 is 0 Å². The Morgan fingerprint density at radius 3 is 2.81 bits per heavy atom. The minimum atomic E-state index is -3.37. The molecule has 0 unspecified atom stereocenters. The van der Waals surface area contributed by atoms with Crippen LogP contribution in [0.15, 0.2) is 51.7 Å². The van der Waals surface area contributed by atoms with Crippen molar-refractivity contribution in [2.45, 2.75) is 10.8 Å². The Hall–Kier alpha value is -1.15. The largest absolute Gasteiger partial charge is 0.238 e. The molecule has 112 valence electrons. The Bertz CT molecular complexity index is 653. The van der Waals surface area contributed by atoms with Crippen LogP contribution in [-0.2, 0) is 10.0 Å². The van der Waals surface area contributed by atoms with E-state index in [4.69, 9.17) is 0 Å². The van der Waals surface area contributed by atoms with Crippen molar-refractivity contribution < 1.29 is 8.42 Å². The van der Waals surface area contributed by atoms with E-state index in [0.29, 0.717) is 6.54 Å². The third-order valence-corrected chi connectivity index (χ3v) is 5.65. The van der Waals surface area contributed by atoms with Gasteiger partial charge in [0, 0.05) is 29.3 Å². The molecule has 0 spiro atoms. The molecule has 0 saturated carbocycles. The van der Waals surface area contributed by atoms with Gasteiger partial charge in [0.05, 0.1) is 0 Å². The lowest BCUT2D eigenvalue weighted by Crippen LogP contribution is -2.22. The van der Waals surface area contributed by atoms with E-state index in [2.05, 4.69) is 9.71 Å². The van der Waals surface area contributed by atoms with Gasteiger partial charge in [-0.3, -0.25) is 0 Å². The molecule has 21 heavy (non-hydrogen) atoms. The maximum Gasteiger partial charge on any atom is 0.233 e. The average molecular weight is 340 g/mol. The molecule has 0 aliphatic rings. The van der Waals surface area contributed by atoms with Gasteiger partial charge < -0.3 is 0 Å². The Kier molecular flexibility index (Phi) is 6.44. The van der Waals surface area contributed by atoms with E-state index < -0.39 is 10.0 Å². The topological polar surface area (TPSA) is 59.1 Å². The van der Waals surface area contributed by atoms with Gasteiger partial charge in [0.2, 0.25) is 10.0 Å². The summed E-state index contributed by atoms with van der Waals surface area (Å²) in [6, 6.07) is 9.35. The van der Waals surface area contributed by atoms with Crippen LogP contribution >= 0.6 is 23.1 Å². The highest BCUT2D eigenvalue weighted by atomic mass is 32.2. The smallest absolute Gasteiger partial charge is 0.233 e. The second-order valence-electron chi connectivity index (χ2n) is 4.15. The molecule has 2 aromatic rings. The summed E-state index contributed by atoms with van der Waals surface area (Å²) < 4.78 is 27.1. The predicted molar refractivity (Wildman–Crippen MR) is 89.9 cm³/mol. The molecule has 0 aliphatic carbocycles. The molecule has 0 radical (unpaired) electrons. The maximum absolute atomic E-state index is 11.8. The number of benzene rings is 1. The molecule has 1 aromatic carbocycles. The SMILES string of the molecule is O=S(=O)(C=Cc1ccccc1)NCCCSc1nccs1. The van der Waals surface area contributed by atoms with Crippen molar-refractivity contribution in [2.75, 3.05) is 12.3 Å². The van der Waals surface area contributed by atoms with E-state index in [1.807, 2.05) is 35.7 Å². The van der Waals surface area contributed by atoms with Crippen LogP contribution in [0, 0.1) is 0 Å². The molecule has 0 atom stereocenters. The van der Waals surface area contributed by atoms with Crippen molar-refractivity contribution in [3.05, 3.63) is 52.9 Å². The summed E-state index contributed by atoms with van der Waals surface area (Å²) in [6.45, 7) is 0.430. The lowest BCUT2D eigenvalue weighted by Gasteiger charge is -2.02. The molecule has 1 aromatic heterocycles. The lowest BCUT2D eigenvalue weighted by molar-refractivity contribution is 0.590. The monoisotopic (exact) mass is 340 g/mol. The van der Waals surface area contributed by atoms with E-state index >= 15 is 0 Å². The van der Waals surface area contributed by atoms with Crippen molar-refractivity contribution in [1.82, 2.24) is 9.71 Å². The van der Waals surface area contributed by atoms with Crippen molar-refractivity contribution in [2.24, 2.45) is 0 Å². The first kappa shape index (κ1) is 16.2. The highest BCUT2D eigenvalue weighted by Gasteiger charge is 2.04. The summed E-state index contributed by atoms with van der Waals surface area (Å²) in [7, 11) is -3.37. The van der Waals surface area contributed by atoms with E-state index in [-0.39, 0.29) is 0 Å². The molecule has 1 heterocycles. The van der Waals surface area contributed by atoms with Crippen LogP contribution in [0.5, 0.6) is 0 Å². The average Bonchev–Trinajstić information content (AvgIpc) is 2.99. The standard InChI is InChI=1S/C14H16N2O2S3/c17-21(18,12-7-13-5-2-1-3-6-13)16-8-4-10-19-14-15-9-11-20-14/h1-3,5-7,9,11-12,16H,4,8,10H2. The number of thioether (sulfide) groups is 1. The van der Waals surface area contributed by atoms with Crippen molar-refractivity contribution >= 4 is 39.2 Å². The second kappa shape index (κ2) is 8.33. The number of nitrogens with zero attached hydrogens (tertiary/aromatic N) is 1. The van der Waals surface area contributed by atoms with E-state index in [0.717, 1.165) is 22.1 Å². The van der Waals surface area contributed by atoms with Crippen LogP contribution in [0.25, 0.3) is 6.08 Å². The first-order valence-electron chi connectivity index (χ1n) is 6.41. The minimum Gasteiger partial charge on any atom is -0.238 e. The molecule has 4 nitrogen and oxygen atoms in total. The fraction of sp³-hybridized carbons (Fsp3) is 0.214. The number of hydrogen-bond donors (Lipinski definition) is 1. The molecule has 0 fully saturated rings. The predicted octanol–water partition coefficient (Wildman–Crippen LogP) is 3.22. The summed E-state index contributed by atoms with van der Waals surface area (Å²) in [4.78, 5) is 4.16. The maximum atomic E-state index is 11.8. The van der Waals surface area contributed by atoms with Crippen molar-refractivity contribution in [3.8, 4) is 0 Å². The van der Waals surface area contributed by atoms with Gasteiger partial charge in [-0.2, -0.15) is 0 Å². The number of sulfonamides is 1. The zero-order chi connectivity index (χ0) is 15.0. The second-order valence-corrected chi connectivity index (χ2v) is 8.04. The van der Waals surface area contributed by atoms with Gasteiger partial charge in [-0.15, -0.1) is 11.3 Å². The van der Waals surface area contributed by atoms with Crippen LogP contribution in [0.1, 0.15) is 12.0 Å². The Morgan fingerprint density at radius 1 is 1.29 bits per heavy atom. The van der Waals surface area contributed by atoms with Gasteiger partial charge in [0.1, 0.15) is 4.34 Å². The molecule has 0 amide bonds. The highest BCUT2D eigenvalue weighted by Crippen LogP contribution is 2.20. The third kappa shape index (κ3) is 6.43. The quantitative estimate of drug-likeness (QED) is 0.592. The van der Waals surface area contributed by atoms with Gasteiger partial charge in [-0.25, -0.2) is 18.1 Å². The molecular weight excluding hydrogens is 324 g/mol. The number of hydrogen-bond acceptors (Lipinski definition) is 5. The molecular formula is C14H16N2O2S3. The first-order valence-corrected chi connectivity index (χ1v) is 9.82. The van der Waals surface area contributed by atoms with Gasteiger partial charge in [0.15, 0.2) is 0 Å². The Balaban J connectivity index is 1.70. The van der Waals surface area contributed by atoms with Gasteiger partial charge in [-0.05, 0) is 18.1 Å². The number of nitrogens with one attached hydrogen (secondary N) is 1. The van der Waals surface area contributed by atoms with Crippen LogP contribution < -0.4 is 4.72 Å². The van der Waals surface area contributed by atoms with Gasteiger partial charge in [0.25, 0.3) is 0 Å². The molecule has 0 aliphatic heterocycles. The minimum absolute atomic E-state index is 0.430. The van der Waals surface area contributed by atoms with Gasteiger partial charge in [-0.1, -0.05) is 42.1 Å². The normalized spacial score (nSPS) is 12.0. The van der Waals surface area contributed by atoms with Crippen LogP contribution in [-0.4, -0.2) is 25.7 Å². The van der Waals surface area contributed by atoms with E-state index in [1.54, 1.807) is 35.4 Å². The van der Waals surface area contributed by atoms with Crippen LogP contribution in [0.2, 0.25) is 0 Å². The van der Waals surface area contributed by atoms with Crippen molar-refractivity contribution in [1.29, 1.82) is 0 Å². The molecule has 7 heteroatoms. The number of rotatable bonds is 8. The fourth-order valence-electron chi connectivity index (χ4n) is 1.51. The summed E-state index contributed by atoms with van der Waals surface area (Å²) >= 11 is 3.24. The first-order chi connectivity index (χ1) is 10.2. The van der Waals surface area contributed by atoms with Crippen LogP contribution in [0.4, 0.5) is 0 Å². The molecule has 0 saturated heterocycles. The Morgan fingerprint density at radius 2 is 2.10 bits per heavy atom. The number of thiazole rings is 1. The molecule has 0 bridgehead atoms. The van der Waals surface area contributed by atoms with Crippen LogP contribution in [0.3, 0.4) is 0 Å². The molecule has 1 N–H and O–H groups in total. The van der Waals surface area contributed by atoms with Crippen molar-refractivity contribution in [3.63, 3.8) is 0 Å². The highest BCUT2D eigenvalue weighted by molar-refractivity contribution is 8.01. The number of aromatic nitrogens is 1. The summed E-state index contributed by atoms with van der Waals surface area (Å²) in [5.41, 5.74) is 0.863. The lowest BCUT2D eigenvalue weighted by atomic mass is 10.2. The fourth-order valence-corrected chi connectivity index (χ4v) is 4.02.